The Balaban J connectivity index is 1.23. The first kappa shape index (κ1) is 22.1. The minimum atomic E-state index is -0.785. The zero-order valence-corrected chi connectivity index (χ0v) is 18.3. The predicted octanol–water partition coefficient (Wildman–Crippen LogP) is 2.09. The summed E-state index contributed by atoms with van der Waals surface area (Å²) in [7, 11) is 0. The number of urea groups is 1. The van der Waals surface area contributed by atoms with Crippen LogP contribution in [0.3, 0.4) is 0 Å². The van der Waals surface area contributed by atoms with Crippen LogP contribution in [0.1, 0.15) is 37.7 Å². The van der Waals surface area contributed by atoms with E-state index in [-0.39, 0.29) is 49.0 Å². The summed E-state index contributed by atoms with van der Waals surface area (Å²) < 4.78 is 0. The fourth-order valence-corrected chi connectivity index (χ4v) is 5.06. The van der Waals surface area contributed by atoms with Crippen molar-refractivity contribution >= 4 is 46.8 Å². The average Bonchev–Trinajstić information content (AvgIpc) is 3.41. The van der Waals surface area contributed by atoms with E-state index in [9.17, 15) is 24.0 Å². The maximum absolute atomic E-state index is 12.6. The molecule has 1 saturated carbocycles. The average molecular weight is 457 g/mol. The highest BCUT2D eigenvalue weighted by Crippen LogP contribution is 2.35. The molecule has 0 bridgehead atoms. The number of amides is 6. The summed E-state index contributed by atoms with van der Waals surface area (Å²) in [5, 5.41) is 5.05. The minimum absolute atomic E-state index is 0.000358. The molecule has 2 saturated heterocycles. The third kappa shape index (κ3) is 4.40. The Morgan fingerprint density at radius 2 is 1.78 bits per heavy atom. The van der Waals surface area contributed by atoms with E-state index in [2.05, 4.69) is 10.6 Å². The van der Waals surface area contributed by atoms with Crippen LogP contribution in [0, 0.1) is 0 Å². The molecule has 3 aliphatic rings. The van der Waals surface area contributed by atoms with Gasteiger partial charge in [0, 0.05) is 26.1 Å². The summed E-state index contributed by atoms with van der Waals surface area (Å²) in [4.78, 5) is 64.2. The van der Waals surface area contributed by atoms with Gasteiger partial charge in [0.25, 0.3) is 17.1 Å². The molecule has 3 fully saturated rings. The molecular weight excluding hydrogens is 432 g/mol. The van der Waals surface area contributed by atoms with Crippen LogP contribution in [0.5, 0.6) is 0 Å². The van der Waals surface area contributed by atoms with E-state index in [0.717, 1.165) is 40.0 Å². The third-order valence-corrected chi connectivity index (χ3v) is 6.80. The van der Waals surface area contributed by atoms with Crippen LogP contribution < -0.4 is 10.6 Å². The summed E-state index contributed by atoms with van der Waals surface area (Å²) in [6.45, 7) is 0.147. The quantitative estimate of drug-likeness (QED) is 0.480. The van der Waals surface area contributed by atoms with Crippen molar-refractivity contribution in [1.29, 1.82) is 0 Å². The van der Waals surface area contributed by atoms with E-state index < -0.39 is 11.6 Å². The first-order valence-electron chi connectivity index (χ1n) is 10.6. The Morgan fingerprint density at radius 3 is 2.50 bits per heavy atom. The maximum atomic E-state index is 12.6. The maximum Gasteiger partial charge on any atom is 0.325 e. The van der Waals surface area contributed by atoms with Crippen molar-refractivity contribution in [2.24, 2.45) is 0 Å². The molecule has 0 atom stereocenters. The topological polar surface area (TPSA) is 116 Å². The lowest BCUT2D eigenvalue weighted by Gasteiger charge is -2.20. The van der Waals surface area contributed by atoms with Crippen molar-refractivity contribution in [2.45, 2.75) is 37.6 Å². The molecule has 1 aromatic rings. The van der Waals surface area contributed by atoms with E-state index in [0.29, 0.717) is 17.7 Å². The SMILES string of the molecule is O=C(CCN1C(=O)NC2(CCCC2)C1=O)NCCN1C(=O)S/C(=C\c2ccccc2)C1=O. The molecule has 6 amide bonds. The molecule has 32 heavy (non-hydrogen) atoms. The number of thioether (sulfide) groups is 1. The highest BCUT2D eigenvalue weighted by molar-refractivity contribution is 8.18. The third-order valence-electron chi connectivity index (χ3n) is 5.89. The summed E-state index contributed by atoms with van der Waals surface area (Å²) in [5.74, 6) is -1.00. The van der Waals surface area contributed by atoms with Crippen molar-refractivity contribution in [3.05, 3.63) is 40.8 Å². The number of hydrogen-bond acceptors (Lipinski definition) is 6. The van der Waals surface area contributed by atoms with Gasteiger partial charge in [-0.15, -0.1) is 0 Å². The first-order valence-corrected chi connectivity index (χ1v) is 11.4. The molecule has 0 radical (unpaired) electrons. The lowest BCUT2D eigenvalue weighted by Crippen LogP contribution is -2.44. The lowest BCUT2D eigenvalue weighted by atomic mass is 9.98. The van der Waals surface area contributed by atoms with Gasteiger partial charge >= 0.3 is 6.03 Å². The second-order valence-corrected chi connectivity index (χ2v) is 9.01. The Morgan fingerprint density at radius 1 is 1.06 bits per heavy atom. The van der Waals surface area contributed by atoms with E-state index in [1.807, 2.05) is 30.3 Å². The largest absolute Gasteiger partial charge is 0.354 e. The number of nitrogens with one attached hydrogen (secondary N) is 2. The lowest BCUT2D eigenvalue weighted by molar-refractivity contribution is -0.131. The number of imide groups is 2. The number of rotatable bonds is 7. The predicted molar refractivity (Wildman–Crippen MR) is 118 cm³/mol. The first-order chi connectivity index (χ1) is 15.4. The van der Waals surface area contributed by atoms with Crippen molar-refractivity contribution in [2.75, 3.05) is 19.6 Å². The minimum Gasteiger partial charge on any atom is -0.354 e. The van der Waals surface area contributed by atoms with Crippen LogP contribution in [0.2, 0.25) is 0 Å². The number of carbonyl (C=O) groups is 5. The summed E-state index contributed by atoms with van der Waals surface area (Å²) in [5.41, 5.74) is 0.0401. The molecule has 168 valence electrons. The van der Waals surface area contributed by atoms with Crippen LogP contribution in [0.4, 0.5) is 9.59 Å². The van der Waals surface area contributed by atoms with Crippen LogP contribution in [-0.2, 0) is 14.4 Å². The van der Waals surface area contributed by atoms with Crippen LogP contribution >= 0.6 is 11.8 Å². The second kappa shape index (κ2) is 9.15. The number of nitrogens with zero attached hydrogens (tertiary/aromatic N) is 2. The Labute approximate surface area is 189 Å². The number of benzene rings is 1. The van der Waals surface area contributed by atoms with Gasteiger partial charge in [0.05, 0.1) is 4.91 Å². The van der Waals surface area contributed by atoms with E-state index >= 15 is 0 Å². The van der Waals surface area contributed by atoms with Gasteiger partial charge in [-0.1, -0.05) is 43.2 Å². The highest BCUT2D eigenvalue weighted by Gasteiger charge is 2.52. The van der Waals surface area contributed by atoms with Gasteiger partial charge in [-0.05, 0) is 36.2 Å². The zero-order chi connectivity index (χ0) is 22.7. The summed E-state index contributed by atoms with van der Waals surface area (Å²) in [6, 6.07) is 8.79. The number of carbonyl (C=O) groups excluding carboxylic acids is 5. The zero-order valence-electron chi connectivity index (χ0n) is 17.5. The molecule has 0 aromatic heterocycles. The molecule has 2 aliphatic heterocycles. The van der Waals surface area contributed by atoms with Gasteiger partial charge in [-0.25, -0.2) is 4.79 Å². The fourth-order valence-electron chi connectivity index (χ4n) is 4.20. The Bertz CT molecular complexity index is 987. The fraction of sp³-hybridized carbons (Fsp3) is 0.409. The van der Waals surface area contributed by atoms with E-state index in [1.54, 1.807) is 6.08 Å². The summed E-state index contributed by atoms with van der Waals surface area (Å²) in [6.07, 6.45) is 4.70. The van der Waals surface area contributed by atoms with E-state index in [4.69, 9.17) is 0 Å². The normalized spacial score (nSPS) is 21.2. The Kier molecular flexibility index (Phi) is 6.31. The molecule has 10 heteroatoms. The summed E-state index contributed by atoms with van der Waals surface area (Å²) >= 11 is 0.869. The molecule has 2 N–H and O–H groups in total. The standard InChI is InChI=1S/C22H24N4O5S/c27-17(8-12-26-19(29)22(24-20(26)30)9-4-5-10-22)23-11-13-25-18(28)16(32-21(25)31)14-15-6-2-1-3-7-15/h1-3,6-7,14H,4-5,8-13H2,(H,23,27)(H,24,30)/b16-14-. The molecule has 1 spiro atoms. The molecule has 9 nitrogen and oxygen atoms in total. The molecular formula is C22H24N4O5S. The number of hydrogen-bond donors (Lipinski definition) is 2. The van der Waals surface area contributed by atoms with Gasteiger partial charge in [0.2, 0.25) is 5.91 Å². The van der Waals surface area contributed by atoms with Crippen molar-refractivity contribution in [1.82, 2.24) is 20.4 Å². The van der Waals surface area contributed by atoms with Gasteiger partial charge in [-0.3, -0.25) is 29.0 Å². The van der Waals surface area contributed by atoms with Gasteiger partial charge in [0.15, 0.2) is 0 Å². The van der Waals surface area contributed by atoms with Crippen LogP contribution in [0.15, 0.2) is 35.2 Å². The molecule has 1 aliphatic carbocycles. The van der Waals surface area contributed by atoms with Crippen molar-refractivity contribution < 1.29 is 24.0 Å². The van der Waals surface area contributed by atoms with Crippen LogP contribution in [-0.4, -0.2) is 64.0 Å². The monoisotopic (exact) mass is 456 g/mol. The van der Waals surface area contributed by atoms with Gasteiger partial charge in [-0.2, -0.15) is 0 Å². The molecule has 4 rings (SSSR count). The Hall–Kier alpha value is -3.14. The highest BCUT2D eigenvalue weighted by atomic mass is 32.2. The molecule has 2 heterocycles. The van der Waals surface area contributed by atoms with Crippen LogP contribution in [0.25, 0.3) is 6.08 Å². The van der Waals surface area contributed by atoms with Crippen molar-refractivity contribution in [3.63, 3.8) is 0 Å². The molecule has 0 unspecified atom stereocenters. The van der Waals surface area contributed by atoms with Gasteiger partial charge in [0.1, 0.15) is 5.54 Å². The molecule has 1 aromatic carbocycles. The smallest absolute Gasteiger partial charge is 0.325 e. The van der Waals surface area contributed by atoms with Crippen molar-refractivity contribution in [3.8, 4) is 0 Å². The second-order valence-electron chi connectivity index (χ2n) is 8.02. The van der Waals surface area contributed by atoms with Gasteiger partial charge < -0.3 is 10.6 Å². The van der Waals surface area contributed by atoms with E-state index in [1.165, 1.54) is 0 Å².